The molecular weight excluding hydrogens is 4820 g/mol. The van der Waals surface area contributed by atoms with E-state index in [1.54, 1.807) is 0 Å². The molecule has 0 saturated carbocycles. The topological polar surface area (TPSA) is 0 Å². The van der Waals surface area contributed by atoms with Crippen LogP contribution in [0.2, 0.25) is 0 Å². The predicted octanol–water partition coefficient (Wildman–Crippen LogP) is 33.7. The fraction of sp³-hybridized carbons (Fsp3) is 0. The molecule has 0 aliphatic heterocycles. The molecule has 0 atom stereocenters. The summed E-state index contributed by atoms with van der Waals surface area (Å²) in [4.78, 5) is 0. The third-order valence-corrected chi connectivity index (χ3v) is 2810. The summed E-state index contributed by atoms with van der Waals surface area (Å²) in [6, 6.07) is 0. The van der Waals surface area contributed by atoms with Gasteiger partial charge in [0.05, 0.1) is 0 Å². The summed E-state index contributed by atoms with van der Waals surface area (Å²) in [6.45, 7) is 0. The molecular formula is I38. The average Bonchev–Trinajstić information content (AvgIpc) is 2.89. The molecule has 0 aromatic rings. The Balaban J connectivity index is 5.37. The van der Waals surface area contributed by atoms with Crippen LogP contribution in [0.4, 0.5) is 0 Å². The Morgan fingerprint density at radius 1 is 0.132 bits per heavy atom. The first-order valence-corrected chi connectivity index (χ1v) is 238. The van der Waals surface area contributed by atoms with Gasteiger partial charge in [-0.05, 0) is 0 Å². The molecule has 38 heteroatoms. The van der Waals surface area contributed by atoms with Crippen LogP contribution in [-0.2, 0) is 0 Å². The Hall–Kier alpha value is 27.7. The Bertz CT molecular complexity index is 564. The van der Waals surface area contributed by atoms with Crippen molar-refractivity contribution >= 4 is 514 Å². The van der Waals surface area contributed by atoms with E-state index in [0.29, 0.717) is 0 Å². The van der Waals surface area contributed by atoms with Crippen molar-refractivity contribution in [3.05, 3.63) is 0 Å². The maximum absolute atomic E-state index is 3.33. The molecule has 0 fully saturated rings. The number of rotatable bonds is 17. The first-order chi connectivity index (χ1) is 17.2. The minimum atomic E-state index is -0.532. The van der Waals surface area contributed by atoms with E-state index in [0.717, 1.165) is 0 Å². The second-order valence-corrected chi connectivity index (χ2v) is 880. The standard InChI is InChI=1S/I38/c1-21(2)23(5)25(7)27(9)29(11)31(13)33(15)35(17)37(19)38(20)36(18)34(16)32(14)30(12)28(10)26(8)24(6)22(3)4. The fourth-order valence-electron chi connectivity index (χ4n) is 0.494. The van der Waals surface area contributed by atoms with Gasteiger partial charge in [-0.15, -0.1) is 0 Å². The van der Waals surface area contributed by atoms with E-state index >= 15 is 0 Å². The van der Waals surface area contributed by atoms with Gasteiger partial charge in [-0.2, -0.15) is 0 Å². The van der Waals surface area contributed by atoms with Crippen LogP contribution in [0.3, 0.4) is 0 Å². The van der Waals surface area contributed by atoms with Crippen molar-refractivity contribution in [2.24, 2.45) is 0 Å². The molecule has 0 aromatic heterocycles. The van der Waals surface area contributed by atoms with Gasteiger partial charge >= 0.3 is 514 Å². The number of hydrogen-bond donors (Lipinski definition) is 0. The van der Waals surface area contributed by atoms with E-state index in [-0.39, 0.29) is 0 Å². The average molecular weight is 4820 g/mol. The van der Waals surface area contributed by atoms with E-state index in [4.69, 9.17) is 0 Å². The van der Waals surface area contributed by atoms with Crippen molar-refractivity contribution < 1.29 is 0 Å². The molecule has 0 unspecified atom stereocenters. The van der Waals surface area contributed by atoms with Crippen molar-refractivity contribution in [3.8, 4) is 0 Å². The summed E-state index contributed by atoms with van der Waals surface area (Å²) < 4.78 is 0. The van der Waals surface area contributed by atoms with Crippen molar-refractivity contribution in [3.63, 3.8) is 0 Å². The third-order valence-electron chi connectivity index (χ3n) is 1.39. The zero-order valence-electron chi connectivity index (χ0n) is 14.4. The molecule has 0 radical (unpaired) electrons. The first kappa shape index (κ1) is 65.7. The molecule has 0 nitrogen and oxygen atoms in total. The fourth-order valence-corrected chi connectivity index (χ4v) is 6710. The Morgan fingerprint density at radius 2 is 0.211 bits per heavy atom. The molecule has 38 heavy (non-hydrogen) atoms. The van der Waals surface area contributed by atoms with E-state index < -0.39 is 142 Å². The summed E-state index contributed by atoms with van der Waals surface area (Å²) in [5, 5.41) is 0. The van der Waals surface area contributed by atoms with Crippen molar-refractivity contribution in [1.29, 1.82) is 0 Å². The summed E-state index contributed by atoms with van der Waals surface area (Å²) in [5.41, 5.74) is 0. The molecule has 0 saturated heterocycles. The van der Waals surface area contributed by atoms with Crippen molar-refractivity contribution in [1.82, 2.24) is 0 Å². The van der Waals surface area contributed by atoms with Gasteiger partial charge in [-0.1, -0.05) is 0 Å². The first-order valence-electron chi connectivity index (χ1n) is 5.29. The summed E-state index contributed by atoms with van der Waals surface area (Å²) in [5.74, 6) is 0. The second-order valence-electron chi connectivity index (χ2n) is 2.92. The quantitative estimate of drug-likeness (QED) is 0.127. The summed E-state index contributed by atoms with van der Waals surface area (Å²) in [6.07, 6.45) is 0. The van der Waals surface area contributed by atoms with Crippen LogP contribution >= 0.6 is 514 Å². The Kier molecular flexibility index (Phi) is 68.1. The third kappa shape index (κ3) is 27.4. The zero-order chi connectivity index (χ0) is 30.4. The van der Waals surface area contributed by atoms with E-state index in [9.17, 15) is 0 Å². The molecule has 0 amide bonds. The van der Waals surface area contributed by atoms with Gasteiger partial charge in [0.15, 0.2) is 0 Å². The Morgan fingerprint density at radius 3 is 0.289 bits per heavy atom. The molecule has 0 aliphatic rings. The van der Waals surface area contributed by atoms with E-state index in [1.807, 2.05) is 0 Å². The van der Waals surface area contributed by atoms with Crippen LogP contribution < -0.4 is 0 Å². The molecule has 266 valence electrons. The van der Waals surface area contributed by atoms with Gasteiger partial charge < -0.3 is 0 Å². The number of hydrogen-bond acceptors (Lipinski definition) is 0. The monoisotopic (exact) mass is 4820 g/mol. The minimum absolute atomic E-state index is 0.447. The van der Waals surface area contributed by atoms with Crippen LogP contribution in [-0.4, -0.2) is 0 Å². The molecule has 0 N–H and O–H groups in total. The van der Waals surface area contributed by atoms with E-state index in [1.165, 1.54) is 0 Å². The molecule has 0 heterocycles. The van der Waals surface area contributed by atoms with Gasteiger partial charge in [-0.25, -0.2) is 0 Å². The molecule has 0 aliphatic carbocycles. The molecule has 0 aromatic carbocycles. The van der Waals surface area contributed by atoms with E-state index in [2.05, 4.69) is 372 Å². The van der Waals surface area contributed by atoms with Crippen LogP contribution in [0.25, 0.3) is 0 Å². The normalized spacial score (nSPS) is 18.6. The van der Waals surface area contributed by atoms with Crippen LogP contribution in [0, 0.1) is 0 Å². The zero-order valence-corrected chi connectivity index (χ0v) is 96.3. The van der Waals surface area contributed by atoms with Crippen LogP contribution in [0.15, 0.2) is 0 Å². The Labute approximate surface area is 484 Å². The second kappa shape index (κ2) is 39.4. The van der Waals surface area contributed by atoms with Gasteiger partial charge in [0, 0.05) is 0 Å². The van der Waals surface area contributed by atoms with Gasteiger partial charge in [0.2, 0.25) is 0 Å². The van der Waals surface area contributed by atoms with Crippen LogP contribution in [0.5, 0.6) is 0 Å². The molecule has 0 bridgehead atoms. The van der Waals surface area contributed by atoms with Gasteiger partial charge in [0.25, 0.3) is 0 Å². The SMILES string of the molecule is II(I)I(I)I(I)I(I)I(I)I(I)I(I)I(I)I(I)I(I)I(I)I(I)I(I)I(I)I(I)I(I)I(I)I(I)I. The summed E-state index contributed by atoms with van der Waals surface area (Å²) >= 11 is 64.1. The van der Waals surface area contributed by atoms with Crippen LogP contribution in [0.1, 0.15) is 0 Å². The van der Waals surface area contributed by atoms with Gasteiger partial charge in [0.1, 0.15) is 0 Å². The summed E-state index contributed by atoms with van der Waals surface area (Å²) in [7, 11) is -8.96. The predicted molar refractivity (Wildman–Crippen MR) is 533 cm³/mol. The number of halogens is 38. The van der Waals surface area contributed by atoms with Crippen molar-refractivity contribution in [2.75, 3.05) is 0 Å². The maximum atomic E-state index is 3.33. The molecule has 0 rings (SSSR count). The van der Waals surface area contributed by atoms with Gasteiger partial charge in [-0.3, -0.25) is 0 Å². The van der Waals surface area contributed by atoms with Crippen molar-refractivity contribution in [2.45, 2.75) is 0 Å². The molecule has 0 spiro atoms.